The van der Waals surface area contributed by atoms with Gasteiger partial charge in [-0.25, -0.2) is 0 Å². The zero-order chi connectivity index (χ0) is 13.8. The van der Waals surface area contributed by atoms with E-state index in [1.807, 2.05) is 0 Å². The Morgan fingerprint density at radius 1 is 1.58 bits per heavy atom. The van der Waals surface area contributed by atoms with Crippen LogP contribution in [0, 0.1) is 21.4 Å². The quantitative estimate of drug-likeness (QED) is 0.580. The highest BCUT2D eigenvalue weighted by molar-refractivity contribution is 5.60. The molecule has 2 rings (SSSR count). The summed E-state index contributed by atoms with van der Waals surface area (Å²) in [5, 5.41) is 19.5. The lowest BCUT2D eigenvalue weighted by Gasteiger charge is -2.23. The number of ether oxygens (including phenoxy) is 1. The van der Waals surface area contributed by atoms with E-state index in [0.29, 0.717) is 19.0 Å². The second-order valence-electron chi connectivity index (χ2n) is 4.45. The van der Waals surface area contributed by atoms with Crippen LogP contribution in [0.1, 0.15) is 19.3 Å². The van der Waals surface area contributed by atoms with Crippen LogP contribution in [0.3, 0.4) is 0 Å². The minimum atomic E-state index is -0.459. The molecular formula is C13H15N3O3. The van der Waals surface area contributed by atoms with Crippen molar-refractivity contribution in [3.63, 3.8) is 0 Å². The van der Waals surface area contributed by atoms with Crippen LogP contribution in [-0.2, 0) is 0 Å². The molecule has 6 nitrogen and oxygen atoms in total. The van der Waals surface area contributed by atoms with E-state index in [9.17, 15) is 10.1 Å². The van der Waals surface area contributed by atoms with Crippen LogP contribution >= 0.6 is 0 Å². The highest BCUT2D eigenvalue weighted by Crippen LogP contribution is 2.36. The minimum absolute atomic E-state index is 0.0396. The molecule has 0 N–H and O–H groups in total. The number of nitro benzene ring substituents is 1. The van der Waals surface area contributed by atoms with E-state index < -0.39 is 4.92 Å². The van der Waals surface area contributed by atoms with Gasteiger partial charge in [0.1, 0.15) is 0 Å². The molecule has 0 unspecified atom stereocenters. The molecule has 100 valence electrons. The van der Waals surface area contributed by atoms with E-state index >= 15 is 0 Å². The van der Waals surface area contributed by atoms with Crippen molar-refractivity contribution in [1.29, 1.82) is 5.26 Å². The highest BCUT2D eigenvalue weighted by Gasteiger charge is 2.30. The van der Waals surface area contributed by atoms with Gasteiger partial charge in [-0.05, 0) is 18.9 Å². The van der Waals surface area contributed by atoms with Gasteiger partial charge in [0.2, 0.25) is 0 Å². The van der Waals surface area contributed by atoms with Crippen molar-refractivity contribution in [2.24, 2.45) is 0 Å². The normalized spacial score (nSPS) is 13.7. The third-order valence-electron chi connectivity index (χ3n) is 3.14. The van der Waals surface area contributed by atoms with E-state index in [1.165, 1.54) is 13.2 Å². The van der Waals surface area contributed by atoms with Gasteiger partial charge in [-0.2, -0.15) is 5.26 Å². The maximum absolute atomic E-state index is 10.8. The fourth-order valence-electron chi connectivity index (χ4n) is 2.07. The number of rotatable bonds is 6. The molecule has 1 aliphatic carbocycles. The van der Waals surface area contributed by atoms with Gasteiger partial charge in [-0.15, -0.1) is 0 Å². The Hall–Kier alpha value is -2.29. The Balaban J connectivity index is 2.27. The topological polar surface area (TPSA) is 79.4 Å². The Labute approximate surface area is 111 Å². The first-order valence-corrected chi connectivity index (χ1v) is 6.13. The summed E-state index contributed by atoms with van der Waals surface area (Å²) in [6, 6.07) is 7.42. The largest absolute Gasteiger partial charge is 0.490 e. The van der Waals surface area contributed by atoms with Gasteiger partial charge in [0.25, 0.3) is 0 Å². The summed E-state index contributed by atoms with van der Waals surface area (Å²) in [6.45, 7) is 0.641. The minimum Gasteiger partial charge on any atom is -0.490 e. The highest BCUT2D eigenvalue weighted by atomic mass is 16.6. The van der Waals surface area contributed by atoms with Crippen molar-refractivity contribution in [2.45, 2.75) is 25.3 Å². The molecule has 19 heavy (non-hydrogen) atoms. The molecule has 1 fully saturated rings. The van der Waals surface area contributed by atoms with Gasteiger partial charge in [-0.3, -0.25) is 10.1 Å². The maximum atomic E-state index is 10.8. The van der Waals surface area contributed by atoms with E-state index in [1.54, 1.807) is 12.1 Å². The van der Waals surface area contributed by atoms with Crippen LogP contribution in [0.2, 0.25) is 0 Å². The van der Waals surface area contributed by atoms with E-state index in [-0.39, 0.29) is 11.4 Å². The third-order valence-corrected chi connectivity index (χ3v) is 3.14. The van der Waals surface area contributed by atoms with Gasteiger partial charge in [0.05, 0.1) is 24.5 Å². The van der Waals surface area contributed by atoms with E-state index in [2.05, 4.69) is 11.0 Å². The van der Waals surface area contributed by atoms with Crippen LogP contribution in [0.5, 0.6) is 5.75 Å². The average Bonchev–Trinajstić information content (AvgIpc) is 3.23. The molecule has 0 bridgehead atoms. The van der Waals surface area contributed by atoms with Crippen LogP contribution in [0.25, 0.3) is 0 Å². The zero-order valence-electron chi connectivity index (χ0n) is 10.7. The van der Waals surface area contributed by atoms with Gasteiger partial charge in [0, 0.05) is 30.4 Å². The second kappa shape index (κ2) is 5.57. The first-order valence-electron chi connectivity index (χ1n) is 6.13. The number of anilines is 1. The number of nitriles is 1. The second-order valence-corrected chi connectivity index (χ2v) is 4.45. The molecule has 0 saturated heterocycles. The first kappa shape index (κ1) is 13.1. The standard InChI is InChI=1S/C13H15N3O3/c1-19-13-9-11(5-6-12(13)16(17)18)15(8-2-7-14)10-3-4-10/h5-6,9-10H,2-4,8H2,1H3. The number of nitrogens with zero attached hydrogens (tertiary/aromatic N) is 3. The van der Waals surface area contributed by atoms with Crippen molar-refractivity contribution in [2.75, 3.05) is 18.6 Å². The van der Waals surface area contributed by atoms with Crippen molar-refractivity contribution >= 4 is 11.4 Å². The molecule has 0 spiro atoms. The molecule has 6 heteroatoms. The van der Waals surface area contributed by atoms with Crippen LogP contribution < -0.4 is 9.64 Å². The van der Waals surface area contributed by atoms with Crippen LogP contribution in [0.15, 0.2) is 18.2 Å². The molecule has 1 aliphatic rings. The van der Waals surface area contributed by atoms with Gasteiger partial charge in [0.15, 0.2) is 5.75 Å². The van der Waals surface area contributed by atoms with Gasteiger partial charge >= 0.3 is 5.69 Å². The van der Waals surface area contributed by atoms with Crippen LogP contribution in [0.4, 0.5) is 11.4 Å². The lowest BCUT2D eigenvalue weighted by molar-refractivity contribution is -0.385. The molecule has 0 atom stereocenters. The van der Waals surface area contributed by atoms with Crippen molar-refractivity contribution in [3.05, 3.63) is 28.3 Å². The fourth-order valence-corrected chi connectivity index (χ4v) is 2.07. The summed E-state index contributed by atoms with van der Waals surface area (Å²) in [6.07, 6.45) is 2.64. The predicted octanol–water partition coefficient (Wildman–Crippen LogP) is 2.49. The zero-order valence-corrected chi connectivity index (χ0v) is 10.7. The molecular weight excluding hydrogens is 246 g/mol. The van der Waals surface area contributed by atoms with Crippen molar-refractivity contribution in [1.82, 2.24) is 0 Å². The van der Waals surface area contributed by atoms with E-state index in [4.69, 9.17) is 10.00 Å². The summed E-state index contributed by atoms with van der Waals surface area (Å²) in [5.41, 5.74) is 0.836. The smallest absolute Gasteiger partial charge is 0.311 e. The number of benzene rings is 1. The lowest BCUT2D eigenvalue weighted by Crippen LogP contribution is -2.26. The Bertz CT molecular complexity index is 520. The molecule has 0 aliphatic heterocycles. The molecule has 1 saturated carbocycles. The number of nitro groups is 1. The van der Waals surface area contributed by atoms with E-state index in [0.717, 1.165) is 18.5 Å². The summed E-state index contributed by atoms with van der Waals surface area (Å²) in [4.78, 5) is 12.5. The molecule has 0 aromatic heterocycles. The number of hydrogen-bond donors (Lipinski definition) is 0. The first-order chi connectivity index (χ1) is 9.17. The van der Waals surface area contributed by atoms with Crippen molar-refractivity contribution < 1.29 is 9.66 Å². The molecule has 1 aromatic carbocycles. The predicted molar refractivity (Wildman–Crippen MR) is 70.2 cm³/mol. The third kappa shape index (κ3) is 2.94. The molecule has 0 amide bonds. The Morgan fingerprint density at radius 3 is 2.84 bits per heavy atom. The Morgan fingerprint density at radius 2 is 2.32 bits per heavy atom. The van der Waals surface area contributed by atoms with Gasteiger partial charge < -0.3 is 9.64 Å². The Kier molecular flexibility index (Phi) is 3.85. The summed E-state index contributed by atoms with van der Waals surface area (Å²) in [5.74, 6) is 0.255. The maximum Gasteiger partial charge on any atom is 0.311 e. The summed E-state index contributed by atoms with van der Waals surface area (Å²) >= 11 is 0. The fraction of sp³-hybridized carbons (Fsp3) is 0.462. The number of methoxy groups -OCH3 is 1. The van der Waals surface area contributed by atoms with Crippen LogP contribution in [-0.4, -0.2) is 24.6 Å². The number of hydrogen-bond acceptors (Lipinski definition) is 5. The summed E-state index contributed by atoms with van der Waals surface area (Å²) < 4.78 is 5.07. The molecule has 0 radical (unpaired) electrons. The van der Waals surface area contributed by atoms with Gasteiger partial charge in [-0.1, -0.05) is 0 Å². The molecule has 1 aromatic rings. The molecule has 0 heterocycles. The van der Waals surface area contributed by atoms with Crippen molar-refractivity contribution in [3.8, 4) is 11.8 Å². The SMILES string of the molecule is COc1cc(N(CCC#N)C2CC2)ccc1[N+](=O)[O-]. The lowest BCUT2D eigenvalue weighted by atomic mass is 10.2. The summed E-state index contributed by atoms with van der Waals surface area (Å²) in [7, 11) is 1.42. The monoisotopic (exact) mass is 261 g/mol. The average molecular weight is 261 g/mol.